The molecule has 1 rings (SSSR count). The minimum atomic E-state index is -0.732. The van der Waals surface area contributed by atoms with Crippen LogP contribution in [-0.4, -0.2) is 11.7 Å². The van der Waals surface area contributed by atoms with Crippen molar-refractivity contribution < 1.29 is 13.9 Å². The van der Waals surface area contributed by atoms with E-state index in [9.17, 15) is 8.78 Å². The van der Waals surface area contributed by atoms with Crippen molar-refractivity contribution in [2.24, 2.45) is 5.73 Å². The molecule has 0 atom stereocenters. The van der Waals surface area contributed by atoms with E-state index in [-0.39, 0.29) is 16.5 Å². The molecule has 5 heteroatoms. The van der Waals surface area contributed by atoms with Gasteiger partial charge in [0.05, 0.1) is 4.47 Å². The second kappa shape index (κ2) is 5.42. The van der Waals surface area contributed by atoms with Crippen LogP contribution in [0.1, 0.15) is 18.4 Å². The molecule has 3 N–H and O–H groups in total. The van der Waals surface area contributed by atoms with E-state index in [2.05, 4.69) is 15.9 Å². The second-order valence-corrected chi connectivity index (χ2v) is 4.02. The molecule has 0 spiro atoms. The predicted octanol–water partition coefficient (Wildman–Crippen LogP) is 2.71. The van der Waals surface area contributed by atoms with Crippen LogP contribution in [0.2, 0.25) is 0 Å². The maximum Gasteiger partial charge on any atom is 0.147 e. The van der Waals surface area contributed by atoms with Crippen molar-refractivity contribution in [3.8, 4) is 5.75 Å². The molecule has 1 aromatic rings. The maximum absolute atomic E-state index is 13.5. The van der Waals surface area contributed by atoms with Crippen molar-refractivity contribution in [2.75, 3.05) is 6.54 Å². The van der Waals surface area contributed by atoms with Crippen LogP contribution in [0.3, 0.4) is 0 Å². The first-order chi connectivity index (χ1) is 7.07. The third kappa shape index (κ3) is 2.89. The Morgan fingerprint density at radius 1 is 1.33 bits per heavy atom. The van der Waals surface area contributed by atoms with E-state index < -0.39 is 17.4 Å². The van der Waals surface area contributed by atoms with Gasteiger partial charge in [-0.05, 0) is 41.7 Å². The lowest BCUT2D eigenvalue weighted by Gasteiger charge is -2.07. The Morgan fingerprint density at radius 3 is 2.60 bits per heavy atom. The largest absolute Gasteiger partial charge is 0.507 e. The molecule has 0 aliphatic heterocycles. The van der Waals surface area contributed by atoms with Gasteiger partial charge in [0.1, 0.15) is 17.4 Å². The van der Waals surface area contributed by atoms with E-state index in [4.69, 9.17) is 10.8 Å². The number of benzene rings is 1. The smallest absolute Gasteiger partial charge is 0.147 e. The normalized spacial score (nSPS) is 10.7. The summed E-state index contributed by atoms with van der Waals surface area (Å²) in [7, 11) is 0. The first-order valence-electron chi connectivity index (χ1n) is 4.63. The zero-order valence-corrected chi connectivity index (χ0v) is 9.65. The fourth-order valence-electron chi connectivity index (χ4n) is 1.30. The highest BCUT2D eigenvalue weighted by Crippen LogP contribution is 2.31. The lowest BCUT2D eigenvalue weighted by Crippen LogP contribution is -2.02. The van der Waals surface area contributed by atoms with E-state index in [0.29, 0.717) is 13.0 Å². The molecule has 0 saturated carbocycles. The summed E-state index contributed by atoms with van der Waals surface area (Å²) in [6.07, 6.45) is 1.63. The molecule has 0 bridgehead atoms. The van der Waals surface area contributed by atoms with Gasteiger partial charge < -0.3 is 10.8 Å². The van der Waals surface area contributed by atoms with Crippen LogP contribution >= 0.6 is 15.9 Å². The van der Waals surface area contributed by atoms with Gasteiger partial charge in [0.2, 0.25) is 0 Å². The second-order valence-electron chi connectivity index (χ2n) is 3.23. The summed E-state index contributed by atoms with van der Waals surface area (Å²) in [4.78, 5) is 0. The average molecular weight is 280 g/mol. The van der Waals surface area contributed by atoms with Crippen LogP contribution in [0.4, 0.5) is 8.78 Å². The summed E-state index contributed by atoms with van der Waals surface area (Å²) < 4.78 is 26.6. The lowest BCUT2D eigenvalue weighted by atomic mass is 10.1. The van der Waals surface area contributed by atoms with E-state index in [1.54, 1.807) is 0 Å². The zero-order valence-electron chi connectivity index (χ0n) is 8.06. The van der Waals surface area contributed by atoms with Gasteiger partial charge in [-0.3, -0.25) is 0 Å². The molecule has 0 aliphatic rings. The predicted molar refractivity (Wildman–Crippen MR) is 57.7 cm³/mol. The molecular formula is C10H12BrF2NO. The van der Waals surface area contributed by atoms with Gasteiger partial charge in [0, 0.05) is 11.6 Å². The summed E-state index contributed by atoms with van der Waals surface area (Å²) in [5.41, 5.74) is 5.28. The third-order valence-electron chi connectivity index (χ3n) is 2.12. The lowest BCUT2D eigenvalue weighted by molar-refractivity contribution is 0.450. The number of hydrogen-bond donors (Lipinski definition) is 2. The topological polar surface area (TPSA) is 46.2 Å². The van der Waals surface area contributed by atoms with Crippen molar-refractivity contribution >= 4 is 15.9 Å². The summed E-state index contributed by atoms with van der Waals surface area (Å²) in [5.74, 6) is -1.87. The Bertz CT molecular complexity index is 358. The Kier molecular flexibility index (Phi) is 4.47. The van der Waals surface area contributed by atoms with E-state index in [1.165, 1.54) is 0 Å². The standard InChI is InChI=1S/C10H12BrF2NO/c11-9-8(15)5-7(12)6(10(9)13)3-1-2-4-14/h5,15H,1-4,14H2. The highest BCUT2D eigenvalue weighted by atomic mass is 79.9. The fourth-order valence-corrected chi connectivity index (χ4v) is 1.65. The Balaban J connectivity index is 2.92. The summed E-state index contributed by atoms with van der Waals surface area (Å²) in [6.45, 7) is 0.502. The van der Waals surface area contributed by atoms with Crippen molar-refractivity contribution in [3.05, 3.63) is 27.7 Å². The van der Waals surface area contributed by atoms with Crippen molar-refractivity contribution in [2.45, 2.75) is 19.3 Å². The van der Waals surface area contributed by atoms with Gasteiger partial charge in [0.15, 0.2) is 0 Å². The van der Waals surface area contributed by atoms with Crippen molar-refractivity contribution in [1.82, 2.24) is 0 Å². The van der Waals surface area contributed by atoms with Crippen molar-refractivity contribution in [1.29, 1.82) is 0 Å². The minimum Gasteiger partial charge on any atom is -0.507 e. The number of halogens is 3. The minimum absolute atomic E-state index is 0.00637. The number of hydrogen-bond acceptors (Lipinski definition) is 2. The molecule has 0 amide bonds. The molecule has 0 unspecified atom stereocenters. The number of unbranched alkanes of at least 4 members (excludes halogenated alkanes) is 1. The Hall–Kier alpha value is -0.680. The molecule has 2 nitrogen and oxygen atoms in total. The first kappa shape index (κ1) is 12.4. The van der Waals surface area contributed by atoms with E-state index in [1.807, 2.05) is 0 Å². The average Bonchev–Trinajstić information content (AvgIpc) is 2.20. The third-order valence-corrected chi connectivity index (χ3v) is 2.87. The molecule has 0 aliphatic carbocycles. The van der Waals surface area contributed by atoms with Gasteiger partial charge in [-0.2, -0.15) is 0 Å². The van der Waals surface area contributed by atoms with Gasteiger partial charge in [-0.1, -0.05) is 0 Å². The summed E-state index contributed by atoms with van der Waals surface area (Å²) in [5, 5.41) is 9.13. The number of phenolic OH excluding ortho intramolecular Hbond substituents is 1. The number of aromatic hydroxyl groups is 1. The summed E-state index contributed by atoms with van der Waals surface area (Å²) >= 11 is 2.86. The number of nitrogens with two attached hydrogens (primary N) is 1. The van der Waals surface area contributed by atoms with Gasteiger partial charge in [-0.25, -0.2) is 8.78 Å². The fraction of sp³-hybridized carbons (Fsp3) is 0.400. The molecular weight excluding hydrogens is 268 g/mol. The zero-order chi connectivity index (χ0) is 11.4. The Morgan fingerprint density at radius 2 is 2.00 bits per heavy atom. The molecule has 1 aromatic carbocycles. The van der Waals surface area contributed by atoms with Gasteiger partial charge in [-0.15, -0.1) is 0 Å². The molecule has 0 radical (unpaired) electrons. The van der Waals surface area contributed by atoms with Crippen LogP contribution in [0.15, 0.2) is 10.5 Å². The first-order valence-corrected chi connectivity index (χ1v) is 5.42. The maximum atomic E-state index is 13.5. The highest BCUT2D eigenvalue weighted by molar-refractivity contribution is 9.10. The monoisotopic (exact) mass is 279 g/mol. The van der Waals surface area contributed by atoms with Crippen LogP contribution in [0.25, 0.3) is 0 Å². The van der Waals surface area contributed by atoms with Gasteiger partial charge >= 0.3 is 0 Å². The summed E-state index contributed by atoms with van der Waals surface area (Å²) in [6, 6.07) is 0.908. The van der Waals surface area contributed by atoms with Crippen LogP contribution < -0.4 is 5.73 Å². The molecule has 0 aromatic heterocycles. The Labute approximate surface area is 95.2 Å². The van der Waals surface area contributed by atoms with Crippen molar-refractivity contribution in [3.63, 3.8) is 0 Å². The molecule has 0 heterocycles. The van der Waals surface area contributed by atoms with Crippen LogP contribution in [-0.2, 0) is 6.42 Å². The quantitative estimate of drug-likeness (QED) is 0.658. The SMILES string of the molecule is NCCCCc1c(F)cc(O)c(Br)c1F. The van der Waals surface area contributed by atoms with Crippen LogP contribution in [0, 0.1) is 11.6 Å². The molecule has 0 saturated heterocycles. The number of phenols is 1. The van der Waals surface area contributed by atoms with E-state index in [0.717, 1.165) is 12.5 Å². The van der Waals surface area contributed by atoms with Gasteiger partial charge in [0.25, 0.3) is 0 Å². The molecule has 0 fully saturated rings. The highest BCUT2D eigenvalue weighted by Gasteiger charge is 2.15. The molecule has 84 valence electrons. The molecule has 15 heavy (non-hydrogen) atoms. The van der Waals surface area contributed by atoms with Crippen LogP contribution in [0.5, 0.6) is 5.75 Å². The van der Waals surface area contributed by atoms with E-state index >= 15 is 0 Å². The number of rotatable bonds is 4.